The molecule has 1 aliphatic heterocycles. The maximum atomic E-state index is 14.5. The van der Waals surface area contributed by atoms with E-state index < -0.39 is 0 Å². The standard InChI is InChI=1S/C37H36Cl2N6O/c1-4-45(25(3)27-12-14-28(38)15-13-27)35(24(2)26-9-6-5-7-10-26)33-30-17-16-29(39)23-32(30)42-34(33)37(46)43-31-11-8-18-41-36(31)44-21-19-40-20-22-44/h4-18,23,25,40,42H,1,19-22H2,2-3H3,(H,43,46)/b35-24+. The molecular formula is C37H36Cl2N6O. The number of piperazine rings is 1. The number of benzene rings is 3. The van der Waals surface area contributed by atoms with Crippen LogP contribution in [0.3, 0.4) is 0 Å². The summed E-state index contributed by atoms with van der Waals surface area (Å²) in [6, 6.07) is 27.2. The van der Waals surface area contributed by atoms with Crippen LogP contribution in [0.5, 0.6) is 0 Å². The predicted octanol–water partition coefficient (Wildman–Crippen LogP) is 8.63. The molecule has 0 bridgehead atoms. The molecule has 46 heavy (non-hydrogen) atoms. The molecule has 6 rings (SSSR count). The van der Waals surface area contributed by atoms with Crippen LogP contribution in [0.15, 0.2) is 104 Å². The van der Waals surface area contributed by atoms with Gasteiger partial charge < -0.3 is 25.4 Å². The molecule has 5 aromatic rings. The molecule has 234 valence electrons. The van der Waals surface area contributed by atoms with Gasteiger partial charge in [0, 0.05) is 58.9 Å². The average molecular weight is 652 g/mol. The summed E-state index contributed by atoms with van der Waals surface area (Å²) in [7, 11) is 0. The second kappa shape index (κ2) is 13.8. The molecule has 1 atom stereocenters. The van der Waals surface area contributed by atoms with Gasteiger partial charge in [-0.1, -0.05) is 78.3 Å². The van der Waals surface area contributed by atoms with E-state index in [0.29, 0.717) is 21.4 Å². The summed E-state index contributed by atoms with van der Waals surface area (Å²) in [4.78, 5) is 26.8. The van der Waals surface area contributed by atoms with Crippen molar-refractivity contribution < 1.29 is 4.79 Å². The molecule has 3 aromatic carbocycles. The third-order valence-corrected chi connectivity index (χ3v) is 8.95. The van der Waals surface area contributed by atoms with Gasteiger partial charge in [0.15, 0.2) is 5.82 Å². The van der Waals surface area contributed by atoms with E-state index in [0.717, 1.165) is 70.9 Å². The maximum Gasteiger partial charge on any atom is 0.272 e. The summed E-state index contributed by atoms with van der Waals surface area (Å²) in [6.45, 7) is 11.8. The predicted molar refractivity (Wildman–Crippen MR) is 191 cm³/mol. The van der Waals surface area contributed by atoms with E-state index in [1.165, 1.54) is 0 Å². The number of H-pyrrole nitrogens is 1. The molecule has 1 aliphatic rings. The number of carbonyl (C=O) groups excluding carboxylic acids is 1. The highest BCUT2D eigenvalue weighted by Gasteiger charge is 2.29. The van der Waals surface area contributed by atoms with Gasteiger partial charge in [-0.25, -0.2) is 4.98 Å². The Morgan fingerprint density at radius 2 is 1.72 bits per heavy atom. The van der Waals surface area contributed by atoms with Crippen molar-refractivity contribution in [3.63, 3.8) is 0 Å². The van der Waals surface area contributed by atoms with Crippen molar-refractivity contribution in [3.8, 4) is 0 Å². The number of nitrogens with one attached hydrogen (secondary N) is 3. The van der Waals surface area contributed by atoms with Crippen molar-refractivity contribution in [2.75, 3.05) is 36.4 Å². The van der Waals surface area contributed by atoms with E-state index in [-0.39, 0.29) is 11.9 Å². The van der Waals surface area contributed by atoms with Crippen molar-refractivity contribution in [3.05, 3.63) is 136 Å². The molecule has 0 spiro atoms. The zero-order valence-electron chi connectivity index (χ0n) is 25.9. The van der Waals surface area contributed by atoms with Crippen molar-refractivity contribution in [2.24, 2.45) is 0 Å². The third kappa shape index (κ3) is 6.40. The minimum atomic E-state index is -0.284. The fraction of sp³-hybridized carbons (Fsp3) is 0.189. The van der Waals surface area contributed by atoms with E-state index in [1.54, 1.807) is 6.20 Å². The largest absolute Gasteiger partial charge is 0.352 e. The number of hydrogen-bond acceptors (Lipinski definition) is 5. The molecule has 1 fully saturated rings. The van der Waals surface area contributed by atoms with Gasteiger partial charge in [0.1, 0.15) is 5.69 Å². The Morgan fingerprint density at radius 1 is 1.00 bits per heavy atom. The molecule has 3 heterocycles. The number of halogens is 2. The second-order valence-electron chi connectivity index (χ2n) is 11.3. The molecule has 0 saturated carbocycles. The smallest absolute Gasteiger partial charge is 0.272 e. The van der Waals surface area contributed by atoms with Crippen LogP contribution in [0.25, 0.3) is 22.2 Å². The highest BCUT2D eigenvalue weighted by atomic mass is 35.5. The number of aromatic amines is 1. The van der Waals surface area contributed by atoms with Crippen LogP contribution in [-0.2, 0) is 0 Å². The zero-order chi connectivity index (χ0) is 32.2. The lowest BCUT2D eigenvalue weighted by Crippen LogP contribution is -2.44. The Kier molecular flexibility index (Phi) is 9.45. The van der Waals surface area contributed by atoms with E-state index in [2.05, 4.69) is 63.0 Å². The molecule has 3 N–H and O–H groups in total. The van der Waals surface area contributed by atoms with Crippen LogP contribution in [-0.4, -0.2) is 47.0 Å². The molecular weight excluding hydrogens is 615 g/mol. The molecule has 0 radical (unpaired) electrons. The van der Waals surface area contributed by atoms with Gasteiger partial charge in [0.2, 0.25) is 0 Å². The number of rotatable bonds is 9. The normalized spacial score (nSPS) is 14.5. The molecule has 1 saturated heterocycles. The number of amides is 1. The van der Waals surface area contributed by atoms with E-state index in [4.69, 9.17) is 23.2 Å². The van der Waals surface area contributed by atoms with Gasteiger partial charge in [0.05, 0.1) is 17.4 Å². The first-order valence-electron chi connectivity index (χ1n) is 15.3. The number of hydrogen-bond donors (Lipinski definition) is 3. The number of carbonyl (C=O) groups is 1. The lowest BCUT2D eigenvalue weighted by atomic mass is 9.95. The Labute approximate surface area is 279 Å². The molecule has 7 nitrogen and oxygen atoms in total. The van der Waals surface area contributed by atoms with Gasteiger partial charge >= 0.3 is 0 Å². The zero-order valence-corrected chi connectivity index (χ0v) is 27.4. The minimum absolute atomic E-state index is 0.144. The summed E-state index contributed by atoms with van der Waals surface area (Å²) in [6.07, 6.45) is 3.58. The minimum Gasteiger partial charge on any atom is -0.352 e. The first-order valence-corrected chi connectivity index (χ1v) is 16.1. The van der Waals surface area contributed by atoms with Crippen LogP contribution < -0.4 is 15.5 Å². The van der Waals surface area contributed by atoms with Crippen molar-refractivity contribution in [2.45, 2.75) is 19.9 Å². The summed E-state index contributed by atoms with van der Waals surface area (Å²) >= 11 is 12.7. The van der Waals surface area contributed by atoms with Crippen LogP contribution in [0.2, 0.25) is 10.0 Å². The molecule has 1 amide bonds. The third-order valence-electron chi connectivity index (χ3n) is 8.46. The Morgan fingerprint density at radius 3 is 2.43 bits per heavy atom. The number of pyridine rings is 1. The number of aromatic nitrogens is 2. The second-order valence-corrected chi connectivity index (χ2v) is 12.2. The monoisotopic (exact) mass is 650 g/mol. The number of fused-ring (bicyclic) bond motifs is 1. The molecule has 1 unspecified atom stereocenters. The van der Waals surface area contributed by atoms with E-state index >= 15 is 0 Å². The van der Waals surface area contributed by atoms with Crippen molar-refractivity contribution in [1.82, 2.24) is 20.2 Å². The van der Waals surface area contributed by atoms with Gasteiger partial charge in [-0.3, -0.25) is 4.79 Å². The first-order chi connectivity index (χ1) is 22.4. The topological polar surface area (TPSA) is 76.3 Å². The highest BCUT2D eigenvalue weighted by molar-refractivity contribution is 6.31. The molecule has 2 aromatic heterocycles. The van der Waals surface area contributed by atoms with Crippen LogP contribution in [0.1, 0.15) is 47.1 Å². The summed E-state index contributed by atoms with van der Waals surface area (Å²) < 4.78 is 0. The number of anilines is 2. The van der Waals surface area contributed by atoms with Crippen LogP contribution in [0, 0.1) is 0 Å². The van der Waals surface area contributed by atoms with Gasteiger partial charge in [-0.05, 0) is 73.1 Å². The lowest BCUT2D eigenvalue weighted by molar-refractivity contribution is 0.102. The van der Waals surface area contributed by atoms with Crippen LogP contribution in [0.4, 0.5) is 11.5 Å². The van der Waals surface area contributed by atoms with Crippen LogP contribution >= 0.6 is 23.2 Å². The van der Waals surface area contributed by atoms with Gasteiger partial charge in [0.25, 0.3) is 5.91 Å². The summed E-state index contributed by atoms with van der Waals surface area (Å²) in [5, 5.41) is 8.67. The number of nitrogens with zero attached hydrogens (tertiary/aromatic N) is 3. The SMILES string of the molecule is C=CN(/C(=C(\C)c1ccccc1)c1c(C(=O)Nc2cccnc2N2CCNCC2)[nH]c2cc(Cl)ccc12)C(C)c1ccc(Cl)cc1. The van der Waals surface area contributed by atoms with Crippen molar-refractivity contribution in [1.29, 1.82) is 0 Å². The summed E-state index contributed by atoms with van der Waals surface area (Å²) in [5.74, 6) is 0.464. The fourth-order valence-corrected chi connectivity index (χ4v) is 6.37. The highest BCUT2D eigenvalue weighted by Crippen LogP contribution is 2.41. The molecule has 9 heteroatoms. The average Bonchev–Trinajstić information content (AvgIpc) is 3.46. The van der Waals surface area contributed by atoms with E-state index in [9.17, 15) is 4.79 Å². The van der Waals surface area contributed by atoms with Crippen molar-refractivity contribution >= 4 is 62.8 Å². The molecule has 0 aliphatic carbocycles. The maximum absolute atomic E-state index is 14.5. The van der Waals surface area contributed by atoms with Gasteiger partial charge in [-0.2, -0.15) is 0 Å². The van der Waals surface area contributed by atoms with E-state index in [1.807, 2.05) is 79.0 Å². The lowest BCUT2D eigenvalue weighted by Gasteiger charge is -2.33. The first kappa shape index (κ1) is 31.4. The Bertz CT molecular complexity index is 1890. The van der Waals surface area contributed by atoms with Gasteiger partial charge in [-0.15, -0.1) is 0 Å². The number of allylic oxidation sites excluding steroid dienone is 1. The Hall–Kier alpha value is -4.56. The fourth-order valence-electron chi connectivity index (χ4n) is 6.07. The summed E-state index contributed by atoms with van der Waals surface area (Å²) in [5.41, 5.74) is 6.46. The Balaban J connectivity index is 1.54. The quantitative estimate of drug-likeness (QED) is 0.149.